The molecule has 174 valence electrons. The minimum atomic E-state index is -0.914. The van der Waals surface area contributed by atoms with Crippen LogP contribution < -0.4 is 5.32 Å². The van der Waals surface area contributed by atoms with E-state index >= 15 is 0 Å². The Bertz CT molecular complexity index is 991. The topological polar surface area (TPSA) is 95.9 Å². The molecule has 0 aliphatic heterocycles. The molecule has 7 heteroatoms. The zero-order chi connectivity index (χ0) is 23.4. The standard InChI is InChI=1S/C26H30N2O5/c1-28(13-12-25(30)31)24(29)15-17-10-11-18(14-17)27-26(32)33-16-23-21-8-4-2-6-19(21)20-7-3-5-9-22(20)23/h2-9,17-18,23H,10-16H2,1H3,(H,27,32)(H,30,31)/t17-,18+/m1/s1. The van der Waals surface area contributed by atoms with Gasteiger partial charge < -0.3 is 20.1 Å². The maximum Gasteiger partial charge on any atom is 0.407 e. The molecule has 4 rings (SSSR count). The van der Waals surface area contributed by atoms with Crippen LogP contribution in [-0.2, 0) is 14.3 Å². The van der Waals surface area contributed by atoms with Crippen molar-refractivity contribution >= 4 is 18.0 Å². The second kappa shape index (κ2) is 10.1. The van der Waals surface area contributed by atoms with Crippen LogP contribution in [0.4, 0.5) is 4.79 Å². The number of hydrogen-bond acceptors (Lipinski definition) is 4. The SMILES string of the molecule is CN(CCC(=O)O)C(=O)C[C@@H]1CC[C@H](NC(=O)OCC2c3ccccc3-c3ccccc32)C1. The highest BCUT2D eigenvalue weighted by Crippen LogP contribution is 2.44. The van der Waals surface area contributed by atoms with Crippen LogP contribution in [0.15, 0.2) is 48.5 Å². The smallest absolute Gasteiger partial charge is 0.407 e. The predicted molar refractivity (Wildman–Crippen MR) is 124 cm³/mol. The largest absolute Gasteiger partial charge is 0.481 e. The molecule has 0 bridgehead atoms. The van der Waals surface area contributed by atoms with Gasteiger partial charge in [-0.25, -0.2) is 4.79 Å². The third kappa shape index (κ3) is 5.35. The maximum atomic E-state index is 12.5. The Kier molecular flexibility index (Phi) is 6.96. The Morgan fingerprint density at radius 2 is 1.67 bits per heavy atom. The summed E-state index contributed by atoms with van der Waals surface area (Å²) in [7, 11) is 1.63. The lowest BCUT2D eigenvalue weighted by molar-refractivity contribution is -0.138. The van der Waals surface area contributed by atoms with E-state index in [1.165, 1.54) is 27.2 Å². The Labute approximate surface area is 193 Å². The summed E-state index contributed by atoms with van der Waals surface area (Å²) in [6.45, 7) is 0.491. The summed E-state index contributed by atoms with van der Waals surface area (Å²) in [5, 5.41) is 11.7. The van der Waals surface area contributed by atoms with Crippen LogP contribution in [0.1, 0.15) is 49.1 Å². The van der Waals surface area contributed by atoms with Crippen molar-refractivity contribution < 1.29 is 24.2 Å². The van der Waals surface area contributed by atoms with Crippen molar-refractivity contribution in [2.45, 2.75) is 44.1 Å². The minimum Gasteiger partial charge on any atom is -0.481 e. The van der Waals surface area contributed by atoms with Crippen molar-refractivity contribution in [2.75, 3.05) is 20.2 Å². The minimum absolute atomic E-state index is 0.0113. The molecule has 2 amide bonds. The summed E-state index contributed by atoms with van der Waals surface area (Å²) in [5.74, 6) is -0.756. The van der Waals surface area contributed by atoms with Gasteiger partial charge in [0.2, 0.25) is 5.91 Å². The molecule has 2 N–H and O–H groups in total. The molecule has 0 radical (unpaired) electrons. The molecule has 33 heavy (non-hydrogen) atoms. The van der Waals surface area contributed by atoms with Crippen LogP contribution in [0, 0.1) is 5.92 Å². The number of alkyl carbamates (subject to hydrolysis) is 1. The first-order chi connectivity index (χ1) is 15.9. The van der Waals surface area contributed by atoms with Crippen LogP contribution in [0.2, 0.25) is 0 Å². The lowest BCUT2D eigenvalue weighted by Crippen LogP contribution is -2.34. The Hall–Kier alpha value is -3.35. The first-order valence-corrected chi connectivity index (χ1v) is 11.5. The molecule has 1 fully saturated rings. The van der Waals surface area contributed by atoms with Gasteiger partial charge in [0, 0.05) is 32.0 Å². The molecule has 2 atom stereocenters. The van der Waals surface area contributed by atoms with E-state index in [0.717, 1.165) is 19.3 Å². The van der Waals surface area contributed by atoms with Crippen molar-refractivity contribution in [1.29, 1.82) is 0 Å². The Morgan fingerprint density at radius 3 is 2.30 bits per heavy atom. The normalized spacial score (nSPS) is 18.9. The fourth-order valence-corrected chi connectivity index (χ4v) is 4.99. The lowest BCUT2D eigenvalue weighted by atomic mass is 9.98. The average Bonchev–Trinajstić information content (AvgIpc) is 3.37. The highest BCUT2D eigenvalue weighted by molar-refractivity contribution is 5.79. The van der Waals surface area contributed by atoms with Crippen molar-refractivity contribution in [3.63, 3.8) is 0 Å². The fourth-order valence-electron chi connectivity index (χ4n) is 4.99. The predicted octanol–water partition coefficient (Wildman–Crippen LogP) is 4.02. The number of carboxylic acid groups (broad SMARTS) is 1. The van der Waals surface area contributed by atoms with E-state index < -0.39 is 12.1 Å². The van der Waals surface area contributed by atoms with Gasteiger partial charge in [0.25, 0.3) is 0 Å². The summed E-state index contributed by atoms with van der Waals surface area (Å²) < 4.78 is 5.63. The number of nitrogens with zero attached hydrogens (tertiary/aromatic N) is 1. The molecule has 2 aliphatic carbocycles. The molecule has 7 nitrogen and oxygen atoms in total. The fraction of sp³-hybridized carbons (Fsp3) is 0.423. The summed E-state index contributed by atoms with van der Waals surface area (Å²) in [6, 6.07) is 16.4. The molecule has 0 aromatic heterocycles. The second-order valence-electron chi connectivity index (χ2n) is 9.01. The van der Waals surface area contributed by atoms with Gasteiger partial charge >= 0.3 is 12.1 Å². The Morgan fingerprint density at radius 1 is 1.03 bits per heavy atom. The maximum absolute atomic E-state index is 12.5. The average molecular weight is 451 g/mol. The van der Waals surface area contributed by atoms with Gasteiger partial charge in [-0.15, -0.1) is 0 Å². The first-order valence-electron chi connectivity index (χ1n) is 11.5. The number of rotatable bonds is 8. The number of nitrogens with one attached hydrogen (secondary N) is 1. The van der Waals surface area contributed by atoms with Crippen LogP contribution in [0.5, 0.6) is 0 Å². The Balaban J connectivity index is 1.25. The quantitative estimate of drug-likeness (QED) is 0.633. The van der Waals surface area contributed by atoms with E-state index in [4.69, 9.17) is 9.84 Å². The van der Waals surface area contributed by atoms with E-state index in [2.05, 4.69) is 29.6 Å². The molecule has 2 aromatic rings. The number of ether oxygens (including phenoxy) is 1. The summed E-state index contributed by atoms with van der Waals surface area (Å²) in [6.07, 6.45) is 2.28. The van der Waals surface area contributed by atoms with Gasteiger partial charge in [-0.1, -0.05) is 48.5 Å². The number of fused-ring (bicyclic) bond motifs is 3. The van der Waals surface area contributed by atoms with E-state index in [-0.39, 0.29) is 43.4 Å². The molecule has 0 unspecified atom stereocenters. The van der Waals surface area contributed by atoms with Crippen molar-refractivity contribution in [1.82, 2.24) is 10.2 Å². The summed E-state index contributed by atoms with van der Waals surface area (Å²) in [5.41, 5.74) is 4.74. The monoisotopic (exact) mass is 450 g/mol. The number of carbonyl (C=O) groups excluding carboxylic acids is 2. The molecule has 2 aliphatic rings. The molecule has 1 saturated carbocycles. The molecular weight excluding hydrogens is 420 g/mol. The zero-order valence-electron chi connectivity index (χ0n) is 18.8. The van der Waals surface area contributed by atoms with Crippen molar-refractivity contribution in [3.8, 4) is 11.1 Å². The van der Waals surface area contributed by atoms with Crippen molar-refractivity contribution in [2.24, 2.45) is 5.92 Å². The van der Waals surface area contributed by atoms with Crippen LogP contribution in [0.3, 0.4) is 0 Å². The zero-order valence-corrected chi connectivity index (χ0v) is 18.8. The van der Waals surface area contributed by atoms with Crippen molar-refractivity contribution in [3.05, 3.63) is 59.7 Å². The second-order valence-corrected chi connectivity index (χ2v) is 9.01. The van der Waals surface area contributed by atoms with Crippen LogP contribution >= 0.6 is 0 Å². The van der Waals surface area contributed by atoms with Gasteiger partial charge in [-0.2, -0.15) is 0 Å². The van der Waals surface area contributed by atoms with E-state index in [1.54, 1.807) is 7.05 Å². The van der Waals surface area contributed by atoms with E-state index in [9.17, 15) is 14.4 Å². The van der Waals surface area contributed by atoms with E-state index in [0.29, 0.717) is 6.42 Å². The van der Waals surface area contributed by atoms with E-state index in [1.807, 2.05) is 24.3 Å². The highest BCUT2D eigenvalue weighted by Gasteiger charge is 2.31. The number of benzene rings is 2. The number of carboxylic acids is 1. The third-order valence-corrected chi connectivity index (χ3v) is 6.76. The lowest BCUT2D eigenvalue weighted by Gasteiger charge is -2.19. The van der Waals surface area contributed by atoms with Gasteiger partial charge in [-0.05, 0) is 47.4 Å². The molecule has 0 heterocycles. The van der Waals surface area contributed by atoms with Gasteiger partial charge in [0.1, 0.15) is 6.61 Å². The number of amides is 2. The molecule has 2 aromatic carbocycles. The molecular formula is C26H30N2O5. The third-order valence-electron chi connectivity index (χ3n) is 6.76. The summed E-state index contributed by atoms with van der Waals surface area (Å²) in [4.78, 5) is 37.0. The first kappa shape index (κ1) is 22.8. The summed E-state index contributed by atoms with van der Waals surface area (Å²) >= 11 is 0. The van der Waals surface area contributed by atoms with Crippen LogP contribution in [0.25, 0.3) is 11.1 Å². The van der Waals surface area contributed by atoms with Gasteiger partial charge in [0.15, 0.2) is 0 Å². The molecule has 0 spiro atoms. The number of aliphatic carboxylic acids is 1. The van der Waals surface area contributed by atoms with Gasteiger partial charge in [0.05, 0.1) is 6.42 Å². The highest BCUT2D eigenvalue weighted by atomic mass is 16.5. The van der Waals surface area contributed by atoms with Crippen LogP contribution in [-0.4, -0.2) is 54.2 Å². The van der Waals surface area contributed by atoms with Gasteiger partial charge in [-0.3, -0.25) is 9.59 Å². The molecule has 0 saturated heterocycles. The number of hydrogen-bond donors (Lipinski definition) is 2. The number of carbonyl (C=O) groups is 3.